The van der Waals surface area contributed by atoms with E-state index in [2.05, 4.69) is 29.6 Å². The number of aliphatic carboxylic acids is 1. The molecule has 0 fully saturated rings. The fourth-order valence-corrected chi connectivity index (χ4v) is 4.91. The van der Waals surface area contributed by atoms with Crippen molar-refractivity contribution in [3.8, 4) is 11.1 Å². The summed E-state index contributed by atoms with van der Waals surface area (Å²) in [6.07, 6.45) is 6.90. The third-order valence-electron chi connectivity index (χ3n) is 6.20. The van der Waals surface area contributed by atoms with E-state index in [1.807, 2.05) is 48.2 Å². The van der Waals surface area contributed by atoms with Gasteiger partial charge in [0.15, 0.2) is 5.78 Å². The number of Topliss-reactive ketones (excluding diaryl/α,β-unsaturated/α-hetero) is 1. The molecule has 0 radical (unpaired) electrons. The number of hydrogen-bond donors (Lipinski definition) is 2. The number of benzene rings is 3. The summed E-state index contributed by atoms with van der Waals surface area (Å²) in [6.45, 7) is 1.72. The van der Waals surface area contributed by atoms with E-state index in [1.54, 1.807) is 19.1 Å². The van der Waals surface area contributed by atoms with E-state index in [0.717, 1.165) is 35.3 Å². The Hall–Kier alpha value is -3.38. The molecular weight excluding hydrogens is 482 g/mol. The van der Waals surface area contributed by atoms with E-state index in [1.165, 1.54) is 36.1 Å². The van der Waals surface area contributed by atoms with Gasteiger partial charge in [-0.2, -0.15) is 0 Å². The maximum Gasteiger partial charge on any atom is 0.305 e. The van der Waals surface area contributed by atoms with Crippen LogP contribution in [0.5, 0.6) is 0 Å². The summed E-state index contributed by atoms with van der Waals surface area (Å²) >= 11 is 1.89. The van der Waals surface area contributed by atoms with Gasteiger partial charge in [0, 0.05) is 22.6 Å². The normalized spacial score (nSPS) is 10.7. The fraction of sp³-hybridized carbons (Fsp3) is 0.323. The Kier molecular flexibility index (Phi) is 11.4. The first kappa shape index (κ1) is 28.2. The number of carbonyl (C=O) groups is 3. The minimum absolute atomic E-state index is 0.0737. The van der Waals surface area contributed by atoms with Crippen molar-refractivity contribution < 1.29 is 19.5 Å². The Bertz CT molecular complexity index is 1160. The number of ketones is 1. The molecule has 0 atom stereocenters. The molecule has 3 aromatic carbocycles. The Labute approximate surface area is 223 Å². The molecule has 0 aliphatic rings. The molecule has 0 saturated carbocycles. The second kappa shape index (κ2) is 15.0. The lowest BCUT2D eigenvalue weighted by Gasteiger charge is -2.06. The highest BCUT2D eigenvalue weighted by Crippen LogP contribution is 2.25. The molecule has 3 aromatic rings. The van der Waals surface area contributed by atoms with Crippen molar-refractivity contribution in [3.63, 3.8) is 0 Å². The molecule has 0 aliphatic heterocycles. The minimum atomic E-state index is -0.921. The number of nitrogens with one attached hydrogen (secondary N) is 1. The molecular formula is C31H35NO4S. The van der Waals surface area contributed by atoms with Crippen molar-refractivity contribution >= 4 is 29.4 Å². The molecule has 0 saturated heterocycles. The van der Waals surface area contributed by atoms with Crippen molar-refractivity contribution in [2.75, 3.05) is 12.3 Å². The van der Waals surface area contributed by atoms with E-state index in [-0.39, 0.29) is 24.7 Å². The summed E-state index contributed by atoms with van der Waals surface area (Å²) in [4.78, 5) is 35.3. The van der Waals surface area contributed by atoms with Crippen molar-refractivity contribution in [2.45, 2.75) is 56.8 Å². The molecule has 0 aliphatic carbocycles. The molecule has 2 N–H and O–H groups in total. The topological polar surface area (TPSA) is 83.5 Å². The van der Waals surface area contributed by atoms with Crippen molar-refractivity contribution in [1.29, 1.82) is 0 Å². The highest BCUT2D eigenvalue weighted by atomic mass is 32.2. The lowest BCUT2D eigenvalue weighted by Crippen LogP contribution is -2.25. The second-order valence-corrected chi connectivity index (χ2v) is 10.3. The number of rotatable bonds is 15. The van der Waals surface area contributed by atoms with Crippen LogP contribution in [0.3, 0.4) is 0 Å². The third-order valence-corrected chi connectivity index (χ3v) is 7.30. The Balaban J connectivity index is 1.26. The molecule has 0 aromatic heterocycles. The number of hydrogen-bond acceptors (Lipinski definition) is 4. The molecule has 194 valence electrons. The lowest BCUT2D eigenvalue weighted by atomic mass is 10.0. The highest BCUT2D eigenvalue weighted by molar-refractivity contribution is 7.99. The maximum atomic E-state index is 12.0. The molecule has 0 unspecified atom stereocenters. The quantitative estimate of drug-likeness (QED) is 0.128. The van der Waals surface area contributed by atoms with E-state index in [9.17, 15) is 14.4 Å². The van der Waals surface area contributed by atoms with Gasteiger partial charge in [-0.25, -0.2) is 0 Å². The maximum absolute atomic E-state index is 12.0. The summed E-state index contributed by atoms with van der Waals surface area (Å²) in [6, 6.07) is 24.0. The summed E-state index contributed by atoms with van der Waals surface area (Å²) in [5.41, 5.74) is 4.80. The van der Waals surface area contributed by atoms with Gasteiger partial charge in [-0.1, -0.05) is 67.8 Å². The Morgan fingerprint density at radius 3 is 1.92 bits per heavy atom. The van der Waals surface area contributed by atoms with Crippen molar-refractivity contribution in [2.24, 2.45) is 0 Å². The zero-order valence-electron chi connectivity index (χ0n) is 21.4. The lowest BCUT2D eigenvalue weighted by molar-refractivity contribution is -0.136. The highest BCUT2D eigenvalue weighted by Gasteiger charge is 2.06. The van der Waals surface area contributed by atoms with Gasteiger partial charge in [-0.3, -0.25) is 14.4 Å². The summed E-state index contributed by atoms with van der Waals surface area (Å²) in [5, 5.41) is 11.3. The van der Waals surface area contributed by atoms with Crippen LogP contribution in [0, 0.1) is 0 Å². The summed E-state index contributed by atoms with van der Waals surface area (Å²) < 4.78 is 0. The number of amides is 1. The van der Waals surface area contributed by atoms with Crippen LogP contribution in [-0.4, -0.2) is 35.1 Å². The smallest absolute Gasteiger partial charge is 0.305 e. The van der Waals surface area contributed by atoms with E-state index in [4.69, 9.17) is 5.11 Å². The standard InChI is InChI=1S/C31H35NO4S/c1-23(33)25-12-14-26(15-13-25)27-16-18-29(19-17-27)37-22-6-4-2-3-5-7-24-8-10-28(11-9-24)31(36)32-21-20-30(34)35/h8-19H,2-7,20-22H2,1H3,(H,32,36)(H,34,35). The molecule has 5 nitrogen and oxygen atoms in total. The van der Waals surface area contributed by atoms with Gasteiger partial charge < -0.3 is 10.4 Å². The minimum Gasteiger partial charge on any atom is -0.481 e. The van der Waals surface area contributed by atoms with Gasteiger partial charge in [0.05, 0.1) is 6.42 Å². The zero-order valence-corrected chi connectivity index (χ0v) is 22.2. The van der Waals surface area contributed by atoms with Gasteiger partial charge in [0.25, 0.3) is 5.91 Å². The molecule has 0 heterocycles. The Morgan fingerprint density at radius 2 is 1.30 bits per heavy atom. The number of unbranched alkanes of at least 4 members (excludes halogenated alkanes) is 4. The predicted octanol–water partition coefficient (Wildman–Crippen LogP) is 7.05. The average molecular weight is 518 g/mol. The number of carboxylic acids is 1. The molecule has 3 rings (SSSR count). The first-order valence-electron chi connectivity index (χ1n) is 12.9. The average Bonchev–Trinajstić information content (AvgIpc) is 2.90. The van der Waals surface area contributed by atoms with Crippen molar-refractivity contribution in [3.05, 3.63) is 89.5 Å². The van der Waals surface area contributed by atoms with Crippen molar-refractivity contribution in [1.82, 2.24) is 5.32 Å². The number of aryl methyl sites for hydroxylation is 1. The zero-order chi connectivity index (χ0) is 26.5. The van der Waals surface area contributed by atoms with Crippen LogP contribution in [-0.2, 0) is 11.2 Å². The van der Waals surface area contributed by atoms with Crippen LogP contribution in [0.1, 0.15) is 71.7 Å². The molecule has 1 amide bonds. The Morgan fingerprint density at radius 1 is 0.730 bits per heavy atom. The SMILES string of the molecule is CC(=O)c1ccc(-c2ccc(SCCCCCCCc3ccc(C(=O)NCCC(=O)O)cc3)cc2)cc1. The van der Waals surface area contributed by atoms with Gasteiger partial charge in [0.1, 0.15) is 0 Å². The van der Waals surface area contributed by atoms with Gasteiger partial charge in [-0.15, -0.1) is 11.8 Å². The van der Waals surface area contributed by atoms with Crippen LogP contribution >= 0.6 is 11.8 Å². The molecule has 0 bridgehead atoms. The van der Waals surface area contributed by atoms with Gasteiger partial charge >= 0.3 is 5.97 Å². The fourth-order valence-electron chi connectivity index (χ4n) is 4.00. The number of thioether (sulfide) groups is 1. The molecule has 37 heavy (non-hydrogen) atoms. The monoisotopic (exact) mass is 517 g/mol. The third kappa shape index (κ3) is 9.89. The largest absolute Gasteiger partial charge is 0.481 e. The first-order chi connectivity index (χ1) is 17.9. The van der Waals surface area contributed by atoms with Crippen LogP contribution in [0.2, 0.25) is 0 Å². The predicted molar refractivity (Wildman–Crippen MR) is 150 cm³/mol. The second-order valence-electron chi connectivity index (χ2n) is 9.12. The van der Waals surface area contributed by atoms with Gasteiger partial charge in [-0.05, 0) is 72.9 Å². The summed E-state index contributed by atoms with van der Waals surface area (Å²) in [7, 11) is 0. The van der Waals surface area contributed by atoms with Crippen LogP contribution in [0.15, 0.2) is 77.7 Å². The van der Waals surface area contributed by atoms with Crippen LogP contribution < -0.4 is 5.32 Å². The van der Waals surface area contributed by atoms with E-state index < -0.39 is 5.97 Å². The molecule has 0 spiro atoms. The van der Waals surface area contributed by atoms with Crippen LogP contribution in [0.25, 0.3) is 11.1 Å². The number of carbonyl (C=O) groups excluding carboxylic acids is 2. The van der Waals surface area contributed by atoms with E-state index >= 15 is 0 Å². The summed E-state index contributed by atoms with van der Waals surface area (Å²) in [5.74, 6) is 0.0456. The molecule has 6 heteroatoms. The first-order valence-corrected chi connectivity index (χ1v) is 13.8. The van der Waals surface area contributed by atoms with E-state index in [0.29, 0.717) is 5.56 Å². The van der Waals surface area contributed by atoms with Crippen LogP contribution in [0.4, 0.5) is 0 Å². The number of carboxylic acid groups (broad SMARTS) is 1. The van der Waals surface area contributed by atoms with Gasteiger partial charge in [0.2, 0.25) is 0 Å².